The number of ketones is 1. The highest BCUT2D eigenvalue weighted by atomic mass is 127. The Morgan fingerprint density at radius 3 is 2.67 bits per heavy atom. The van der Waals surface area contributed by atoms with Crippen molar-refractivity contribution in [2.24, 2.45) is 0 Å². The molecule has 3 rings (SSSR count). The minimum atomic E-state index is 0.280. The Morgan fingerprint density at radius 1 is 1.22 bits per heavy atom. The van der Waals surface area contributed by atoms with Gasteiger partial charge in [0.15, 0.2) is 0 Å². The number of hydrogen-bond donors (Lipinski definition) is 0. The maximum Gasteiger partial charge on any atom is 0.132 e. The molecule has 0 N–H and O–H groups in total. The van der Waals surface area contributed by atoms with Crippen LogP contribution in [0.3, 0.4) is 0 Å². The predicted octanol–water partition coefficient (Wildman–Crippen LogP) is 6.88. The van der Waals surface area contributed by atoms with E-state index in [1.54, 1.807) is 0 Å². The summed E-state index contributed by atoms with van der Waals surface area (Å²) in [5.41, 5.74) is 4.83. The summed E-state index contributed by atoms with van der Waals surface area (Å²) >= 11 is 8.87. The number of benzene rings is 2. The molecule has 0 atom stereocenters. The second-order valence-electron chi connectivity index (χ2n) is 7.17. The summed E-state index contributed by atoms with van der Waals surface area (Å²) in [5, 5.41) is 0.712. The van der Waals surface area contributed by atoms with Gasteiger partial charge in [-0.05, 0) is 83.0 Å². The highest BCUT2D eigenvalue weighted by molar-refractivity contribution is 14.1. The minimum Gasteiger partial charge on any atom is -0.489 e. The number of halogens is 2. The van der Waals surface area contributed by atoms with Crippen LogP contribution in [0, 0.1) is 3.57 Å². The van der Waals surface area contributed by atoms with E-state index in [-0.39, 0.29) is 5.78 Å². The van der Waals surface area contributed by atoms with Crippen molar-refractivity contribution in [3.8, 4) is 5.75 Å². The van der Waals surface area contributed by atoms with Crippen molar-refractivity contribution >= 4 is 40.0 Å². The summed E-state index contributed by atoms with van der Waals surface area (Å²) in [5.74, 6) is 1.90. The van der Waals surface area contributed by atoms with E-state index in [4.69, 9.17) is 16.3 Å². The van der Waals surface area contributed by atoms with E-state index < -0.39 is 0 Å². The molecule has 0 radical (unpaired) electrons. The molecule has 2 nitrogen and oxygen atoms in total. The van der Waals surface area contributed by atoms with Gasteiger partial charge in [-0.3, -0.25) is 4.79 Å². The number of ether oxygens (including phenoxy) is 1. The zero-order valence-corrected chi connectivity index (χ0v) is 18.9. The topological polar surface area (TPSA) is 26.3 Å². The van der Waals surface area contributed by atoms with Crippen LogP contribution < -0.4 is 4.74 Å². The summed E-state index contributed by atoms with van der Waals surface area (Å²) < 4.78 is 7.54. The third kappa shape index (κ3) is 5.26. The maximum atomic E-state index is 11.7. The van der Waals surface area contributed by atoms with Crippen LogP contribution in [0.1, 0.15) is 67.7 Å². The van der Waals surface area contributed by atoms with Gasteiger partial charge in [0.2, 0.25) is 0 Å². The van der Waals surface area contributed by atoms with Gasteiger partial charge in [-0.1, -0.05) is 43.6 Å². The number of Topliss-reactive ketones (excluding diaryl/α,β-unsaturated/α-hetero) is 1. The van der Waals surface area contributed by atoms with Crippen LogP contribution in [-0.2, 0) is 24.2 Å². The number of carbonyl (C=O) groups excluding carboxylic acids is 1. The van der Waals surface area contributed by atoms with Crippen LogP contribution in [-0.4, -0.2) is 5.78 Å². The van der Waals surface area contributed by atoms with Gasteiger partial charge in [-0.2, -0.15) is 0 Å². The molecule has 0 bridgehead atoms. The summed E-state index contributed by atoms with van der Waals surface area (Å²) in [6.07, 6.45) is 5.39. The van der Waals surface area contributed by atoms with E-state index in [2.05, 4.69) is 47.7 Å². The summed E-state index contributed by atoms with van der Waals surface area (Å²) in [6, 6.07) is 10.4. The number of aryl methyl sites for hydroxylation is 2. The zero-order valence-electron chi connectivity index (χ0n) is 16.0. The Kier molecular flexibility index (Phi) is 7.21. The molecule has 0 unspecified atom stereocenters. The molecule has 1 saturated carbocycles. The third-order valence-corrected chi connectivity index (χ3v) is 6.59. The first-order valence-electron chi connectivity index (χ1n) is 9.76. The highest BCUT2D eigenvalue weighted by Gasteiger charge is 2.28. The molecule has 2 aromatic carbocycles. The van der Waals surface area contributed by atoms with Gasteiger partial charge in [0.25, 0.3) is 0 Å². The Bertz CT molecular complexity index is 827. The van der Waals surface area contributed by atoms with E-state index in [0.717, 1.165) is 23.3 Å². The molecular formula is C23H26ClIO2. The zero-order chi connectivity index (χ0) is 19.4. The Balaban J connectivity index is 1.81. The smallest absolute Gasteiger partial charge is 0.132 e. The normalized spacial score (nSPS) is 13.6. The van der Waals surface area contributed by atoms with Gasteiger partial charge >= 0.3 is 0 Å². The third-order valence-electron chi connectivity index (χ3n) is 5.23. The first-order chi connectivity index (χ1) is 13.0. The highest BCUT2D eigenvalue weighted by Crippen LogP contribution is 2.45. The largest absolute Gasteiger partial charge is 0.489 e. The summed E-state index contributed by atoms with van der Waals surface area (Å²) in [7, 11) is 0. The van der Waals surface area contributed by atoms with Gasteiger partial charge in [-0.25, -0.2) is 0 Å². The molecule has 1 aliphatic carbocycles. The van der Waals surface area contributed by atoms with Crippen LogP contribution in [0.2, 0.25) is 5.02 Å². The predicted molar refractivity (Wildman–Crippen MR) is 120 cm³/mol. The molecule has 4 heteroatoms. The Morgan fingerprint density at radius 2 is 2.00 bits per heavy atom. The van der Waals surface area contributed by atoms with Crippen LogP contribution in [0.5, 0.6) is 5.75 Å². The minimum absolute atomic E-state index is 0.280. The van der Waals surface area contributed by atoms with Crippen molar-refractivity contribution in [2.45, 2.75) is 64.9 Å². The van der Waals surface area contributed by atoms with Crippen molar-refractivity contribution in [2.75, 3.05) is 0 Å². The Labute approximate surface area is 180 Å². The lowest BCUT2D eigenvalue weighted by molar-refractivity contribution is -0.118. The molecule has 0 aromatic heterocycles. The molecule has 0 spiro atoms. The molecule has 1 fully saturated rings. The van der Waals surface area contributed by atoms with Crippen LogP contribution in [0.15, 0.2) is 30.3 Å². The lowest BCUT2D eigenvalue weighted by atomic mass is 10.0. The monoisotopic (exact) mass is 496 g/mol. The standard InChI is InChI=1S/C23H26ClIO2/c1-3-15-12-19(17-8-9-17)23(13-22(15)25)27-14-20-16(6-5-7-21(20)24)10-11-18(26)4-2/h5-7,12-13,17H,3-4,8-11,14H2,1-2H3. The van der Waals surface area contributed by atoms with Crippen molar-refractivity contribution in [1.82, 2.24) is 0 Å². The van der Waals surface area contributed by atoms with Gasteiger partial charge in [0.1, 0.15) is 18.1 Å². The molecule has 0 aliphatic heterocycles. The molecule has 2 aromatic rings. The lowest BCUT2D eigenvalue weighted by Gasteiger charge is -2.17. The molecule has 144 valence electrons. The van der Waals surface area contributed by atoms with Gasteiger partial charge in [0.05, 0.1) is 0 Å². The van der Waals surface area contributed by atoms with E-state index in [9.17, 15) is 4.79 Å². The molecule has 0 saturated heterocycles. The molecule has 0 heterocycles. The first kappa shape index (κ1) is 20.7. The average Bonchev–Trinajstić information content (AvgIpc) is 3.50. The number of carbonyl (C=O) groups is 1. The molecule has 27 heavy (non-hydrogen) atoms. The quantitative estimate of drug-likeness (QED) is 0.354. The van der Waals surface area contributed by atoms with E-state index in [1.807, 2.05) is 19.1 Å². The number of hydrogen-bond acceptors (Lipinski definition) is 2. The fourth-order valence-electron chi connectivity index (χ4n) is 3.33. The number of rotatable bonds is 9. The van der Waals surface area contributed by atoms with Gasteiger partial charge < -0.3 is 4.74 Å². The molecular weight excluding hydrogens is 471 g/mol. The van der Waals surface area contributed by atoms with Crippen molar-refractivity contribution in [1.29, 1.82) is 0 Å². The second-order valence-corrected chi connectivity index (χ2v) is 8.74. The average molecular weight is 497 g/mol. The fourth-order valence-corrected chi connectivity index (χ4v) is 4.40. The first-order valence-corrected chi connectivity index (χ1v) is 11.2. The van der Waals surface area contributed by atoms with Crippen molar-refractivity contribution < 1.29 is 9.53 Å². The van der Waals surface area contributed by atoms with E-state index in [1.165, 1.54) is 27.5 Å². The van der Waals surface area contributed by atoms with E-state index in [0.29, 0.717) is 36.8 Å². The molecule has 1 aliphatic rings. The van der Waals surface area contributed by atoms with Crippen LogP contribution in [0.25, 0.3) is 0 Å². The second kappa shape index (κ2) is 9.42. The SMILES string of the molecule is CCC(=O)CCc1cccc(Cl)c1COc1cc(I)c(CC)cc1C1CC1. The van der Waals surface area contributed by atoms with Gasteiger partial charge in [-0.15, -0.1) is 0 Å². The maximum absolute atomic E-state index is 11.7. The van der Waals surface area contributed by atoms with Crippen LogP contribution >= 0.6 is 34.2 Å². The summed E-state index contributed by atoms with van der Waals surface area (Å²) in [6.45, 7) is 4.55. The fraction of sp³-hybridized carbons (Fsp3) is 0.435. The van der Waals surface area contributed by atoms with Crippen molar-refractivity contribution in [3.05, 3.63) is 61.2 Å². The van der Waals surface area contributed by atoms with Gasteiger partial charge in [0, 0.05) is 27.0 Å². The van der Waals surface area contributed by atoms with E-state index >= 15 is 0 Å². The molecule has 0 amide bonds. The van der Waals surface area contributed by atoms with Crippen LogP contribution in [0.4, 0.5) is 0 Å². The lowest BCUT2D eigenvalue weighted by Crippen LogP contribution is -2.06. The van der Waals surface area contributed by atoms with Crippen molar-refractivity contribution in [3.63, 3.8) is 0 Å². The Hall–Kier alpha value is -1.07. The summed E-state index contributed by atoms with van der Waals surface area (Å²) in [4.78, 5) is 11.7.